The average Bonchev–Trinajstić information content (AvgIpc) is 2.99. The van der Waals surface area contributed by atoms with Crippen LogP contribution in [0.25, 0.3) is 6.08 Å². The highest BCUT2D eigenvalue weighted by Gasteiger charge is 2.24. The minimum Gasteiger partial charge on any atom is -0.493 e. The van der Waals surface area contributed by atoms with Crippen LogP contribution in [0.5, 0.6) is 17.2 Å². The smallest absolute Gasteiger partial charge is 0.264 e. The van der Waals surface area contributed by atoms with Gasteiger partial charge in [-0.2, -0.15) is 0 Å². The number of carbonyl (C=O) groups is 1. The molecule has 0 bridgehead atoms. The number of hydrogen-bond acceptors (Lipinski definition) is 6. The first-order chi connectivity index (χ1) is 13.0. The highest BCUT2D eigenvalue weighted by molar-refractivity contribution is 9.10. The van der Waals surface area contributed by atoms with Gasteiger partial charge in [-0.1, -0.05) is 22.0 Å². The van der Waals surface area contributed by atoms with Gasteiger partial charge in [0.15, 0.2) is 16.7 Å². The molecule has 0 aromatic heterocycles. The van der Waals surface area contributed by atoms with Crippen molar-refractivity contribution < 1.29 is 19.0 Å². The molecule has 1 amide bonds. The Labute approximate surface area is 169 Å². The van der Waals surface area contributed by atoms with Crippen LogP contribution in [0.3, 0.4) is 0 Å². The number of hydrogen-bond donors (Lipinski definition) is 1. The Kier molecular flexibility index (Phi) is 6.08. The summed E-state index contributed by atoms with van der Waals surface area (Å²) in [6.45, 7) is 0. The molecule has 0 radical (unpaired) electrons. The minimum absolute atomic E-state index is 0.206. The first kappa shape index (κ1) is 19.3. The van der Waals surface area contributed by atoms with Crippen LogP contribution in [0.4, 0.5) is 5.69 Å². The molecule has 2 aromatic carbocycles. The summed E-state index contributed by atoms with van der Waals surface area (Å²) in [6, 6.07) is 11.1. The van der Waals surface area contributed by atoms with Gasteiger partial charge < -0.3 is 19.5 Å². The molecule has 0 atom stereocenters. The van der Waals surface area contributed by atoms with E-state index in [4.69, 9.17) is 14.2 Å². The van der Waals surface area contributed by atoms with Gasteiger partial charge in [0.05, 0.1) is 31.9 Å². The van der Waals surface area contributed by atoms with E-state index < -0.39 is 0 Å². The molecule has 0 unspecified atom stereocenters. The van der Waals surface area contributed by atoms with Gasteiger partial charge in [-0.25, -0.2) is 4.99 Å². The van der Waals surface area contributed by atoms with Crippen LogP contribution in [0.15, 0.2) is 50.8 Å². The topological polar surface area (TPSA) is 69.2 Å². The Morgan fingerprint density at radius 1 is 1.07 bits per heavy atom. The molecular weight excluding hydrogens is 432 g/mol. The first-order valence-corrected chi connectivity index (χ1v) is 9.50. The Bertz CT molecular complexity index is 918. The lowest BCUT2D eigenvalue weighted by Gasteiger charge is -2.12. The monoisotopic (exact) mass is 448 g/mol. The number of ether oxygens (including phenoxy) is 3. The number of thioether (sulfide) groups is 1. The Morgan fingerprint density at radius 3 is 2.37 bits per heavy atom. The molecule has 6 nitrogen and oxygen atoms in total. The number of halogens is 1. The van der Waals surface area contributed by atoms with Crippen LogP contribution in [-0.4, -0.2) is 32.4 Å². The zero-order valence-corrected chi connectivity index (χ0v) is 17.3. The number of amides is 1. The largest absolute Gasteiger partial charge is 0.493 e. The standard InChI is InChI=1S/C19H17BrN2O4S/c1-24-14-7-11(8-15(25-2)17(14)26-3)9-16-18(23)22-19(27-16)21-13-6-4-5-12(20)10-13/h4-10H,1-3H3,(H,21,22,23). The van der Waals surface area contributed by atoms with Crippen LogP contribution >= 0.6 is 27.7 Å². The van der Waals surface area contributed by atoms with Gasteiger partial charge in [0, 0.05) is 4.47 Å². The van der Waals surface area contributed by atoms with Crippen molar-refractivity contribution in [3.05, 3.63) is 51.3 Å². The molecule has 0 spiro atoms. The van der Waals surface area contributed by atoms with Crippen molar-refractivity contribution >= 4 is 50.5 Å². The summed E-state index contributed by atoms with van der Waals surface area (Å²) in [5, 5.41) is 3.30. The lowest BCUT2D eigenvalue weighted by molar-refractivity contribution is -0.115. The van der Waals surface area contributed by atoms with Gasteiger partial charge in [-0.3, -0.25) is 4.79 Å². The third-order valence-electron chi connectivity index (χ3n) is 3.67. The SMILES string of the molecule is COc1cc(C=C2SC(=Nc3cccc(Br)c3)NC2=O)cc(OC)c1OC. The van der Waals surface area contributed by atoms with Gasteiger partial charge in [-0.05, 0) is 53.7 Å². The van der Waals surface area contributed by atoms with E-state index in [0.717, 1.165) is 15.7 Å². The van der Waals surface area contributed by atoms with Crippen molar-refractivity contribution in [3.8, 4) is 17.2 Å². The summed E-state index contributed by atoms with van der Waals surface area (Å²) in [5.74, 6) is 1.34. The van der Waals surface area contributed by atoms with E-state index in [9.17, 15) is 4.79 Å². The summed E-state index contributed by atoms with van der Waals surface area (Å²) in [5.41, 5.74) is 1.51. The maximum Gasteiger partial charge on any atom is 0.264 e. The van der Waals surface area contributed by atoms with Gasteiger partial charge in [0.25, 0.3) is 5.91 Å². The number of benzene rings is 2. The van der Waals surface area contributed by atoms with Crippen molar-refractivity contribution in [2.24, 2.45) is 4.99 Å². The van der Waals surface area contributed by atoms with Crippen molar-refractivity contribution in [3.63, 3.8) is 0 Å². The van der Waals surface area contributed by atoms with Crippen LogP contribution in [0.1, 0.15) is 5.56 Å². The van der Waals surface area contributed by atoms with E-state index in [-0.39, 0.29) is 5.91 Å². The fraction of sp³-hybridized carbons (Fsp3) is 0.158. The fourth-order valence-corrected chi connectivity index (χ4v) is 3.71. The van der Waals surface area contributed by atoms with Crippen LogP contribution in [0, 0.1) is 0 Å². The van der Waals surface area contributed by atoms with E-state index in [2.05, 4.69) is 26.2 Å². The number of methoxy groups -OCH3 is 3. The minimum atomic E-state index is -0.206. The van der Waals surface area contributed by atoms with E-state index in [0.29, 0.717) is 27.3 Å². The van der Waals surface area contributed by atoms with Crippen molar-refractivity contribution in [1.29, 1.82) is 0 Å². The maximum absolute atomic E-state index is 12.3. The summed E-state index contributed by atoms with van der Waals surface area (Å²) >= 11 is 4.68. The molecule has 3 rings (SSSR count). The first-order valence-electron chi connectivity index (χ1n) is 7.89. The molecule has 140 valence electrons. The molecule has 0 saturated carbocycles. The summed E-state index contributed by atoms with van der Waals surface area (Å²) in [7, 11) is 4.64. The Balaban J connectivity index is 1.90. The molecule has 2 aromatic rings. The van der Waals surface area contributed by atoms with E-state index >= 15 is 0 Å². The number of nitrogens with one attached hydrogen (secondary N) is 1. The number of rotatable bonds is 5. The molecular formula is C19H17BrN2O4S. The number of nitrogens with zero attached hydrogens (tertiary/aromatic N) is 1. The Hall–Kier alpha value is -2.45. The third-order valence-corrected chi connectivity index (χ3v) is 5.08. The second-order valence-electron chi connectivity index (χ2n) is 5.42. The molecule has 1 fully saturated rings. The van der Waals surface area contributed by atoms with E-state index in [1.807, 2.05) is 24.3 Å². The summed E-state index contributed by atoms with van der Waals surface area (Å²) < 4.78 is 16.9. The Morgan fingerprint density at radius 2 is 1.78 bits per heavy atom. The number of carbonyl (C=O) groups excluding carboxylic acids is 1. The van der Waals surface area contributed by atoms with Gasteiger partial charge in [0.2, 0.25) is 5.75 Å². The van der Waals surface area contributed by atoms with Gasteiger partial charge in [0.1, 0.15) is 0 Å². The predicted octanol–water partition coefficient (Wildman–Crippen LogP) is 4.37. The van der Waals surface area contributed by atoms with Gasteiger partial charge in [-0.15, -0.1) is 0 Å². The molecule has 1 heterocycles. The lowest BCUT2D eigenvalue weighted by atomic mass is 10.1. The molecule has 0 aliphatic carbocycles. The highest BCUT2D eigenvalue weighted by atomic mass is 79.9. The van der Waals surface area contributed by atoms with Crippen LogP contribution in [-0.2, 0) is 4.79 Å². The molecule has 1 N–H and O–H groups in total. The second kappa shape index (κ2) is 8.49. The predicted molar refractivity (Wildman–Crippen MR) is 111 cm³/mol. The average molecular weight is 449 g/mol. The summed E-state index contributed by atoms with van der Waals surface area (Å²) in [6.07, 6.45) is 1.76. The van der Waals surface area contributed by atoms with Crippen molar-refractivity contribution in [2.75, 3.05) is 21.3 Å². The van der Waals surface area contributed by atoms with Crippen LogP contribution < -0.4 is 19.5 Å². The molecule has 27 heavy (non-hydrogen) atoms. The zero-order valence-electron chi connectivity index (χ0n) is 14.9. The van der Waals surface area contributed by atoms with Gasteiger partial charge >= 0.3 is 0 Å². The zero-order chi connectivity index (χ0) is 19.4. The molecule has 1 saturated heterocycles. The number of aliphatic imine (C=N–C) groups is 1. The number of amidine groups is 1. The third kappa shape index (κ3) is 4.45. The van der Waals surface area contributed by atoms with E-state index in [1.54, 1.807) is 39.5 Å². The highest BCUT2D eigenvalue weighted by Crippen LogP contribution is 2.39. The van der Waals surface area contributed by atoms with Crippen molar-refractivity contribution in [1.82, 2.24) is 5.32 Å². The summed E-state index contributed by atoms with van der Waals surface area (Å²) in [4.78, 5) is 17.3. The molecule has 1 aliphatic heterocycles. The van der Waals surface area contributed by atoms with Crippen molar-refractivity contribution in [2.45, 2.75) is 0 Å². The second-order valence-corrected chi connectivity index (χ2v) is 7.37. The van der Waals surface area contributed by atoms with E-state index in [1.165, 1.54) is 11.8 Å². The quantitative estimate of drug-likeness (QED) is 0.687. The maximum atomic E-state index is 12.3. The fourth-order valence-electron chi connectivity index (χ4n) is 2.48. The normalized spacial score (nSPS) is 16.5. The van der Waals surface area contributed by atoms with Crippen LogP contribution in [0.2, 0.25) is 0 Å². The molecule has 1 aliphatic rings. The molecule has 8 heteroatoms. The lowest BCUT2D eigenvalue weighted by Crippen LogP contribution is -2.19.